The van der Waals surface area contributed by atoms with Crippen molar-refractivity contribution >= 4 is 38.1 Å². The monoisotopic (exact) mass is 716 g/mol. The molecule has 2 saturated heterocycles. The molecule has 0 bridgehead atoms. The van der Waals surface area contributed by atoms with Crippen LogP contribution in [0.2, 0.25) is 0 Å². The van der Waals surface area contributed by atoms with E-state index in [9.17, 15) is 26.4 Å². The number of nitrogens with one attached hydrogen (secondary N) is 2. The number of halogens is 3. The van der Waals surface area contributed by atoms with Crippen molar-refractivity contribution in [2.75, 3.05) is 63.5 Å². The van der Waals surface area contributed by atoms with Crippen LogP contribution in [0.1, 0.15) is 44.2 Å². The Kier molecular flexibility index (Phi) is 10.6. The summed E-state index contributed by atoms with van der Waals surface area (Å²) in [5.74, 6) is 5.21. The van der Waals surface area contributed by atoms with Gasteiger partial charge in [0.1, 0.15) is 12.3 Å². The fourth-order valence-electron chi connectivity index (χ4n) is 7.33. The van der Waals surface area contributed by atoms with Crippen molar-refractivity contribution in [3.8, 4) is 17.6 Å². The maximum atomic E-state index is 13.8. The molecule has 3 aromatic rings. The highest BCUT2D eigenvalue weighted by atomic mass is 32.2. The minimum absolute atomic E-state index is 0.000608. The SMILES string of the molecule is COC(=O)COc1cc(S(C)(=O)=O)ccc1NCC#Cc1cc2c(NC3CCC(N4CC5(CCOCC5)C4)CC3)cccc2n1CC(F)(F)F. The molecular formula is C36H43F3N4O6S. The number of carbonyl (C=O) groups is 1. The van der Waals surface area contributed by atoms with Crippen LogP contribution >= 0.6 is 0 Å². The molecule has 2 aromatic carbocycles. The summed E-state index contributed by atoms with van der Waals surface area (Å²) in [6.45, 7) is 2.41. The molecule has 1 saturated carbocycles. The van der Waals surface area contributed by atoms with Crippen LogP contribution in [-0.4, -0.2) is 94.9 Å². The van der Waals surface area contributed by atoms with Crippen LogP contribution in [0.5, 0.6) is 5.75 Å². The number of benzene rings is 2. The van der Waals surface area contributed by atoms with E-state index >= 15 is 0 Å². The van der Waals surface area contributed by atoms with Gasteiger partial charge in [-0.3, -0.25) is 4.90 Å². The molecule has 0 atom stereocenters. The van der Waals surface area contributed by atoms with Gasteiger partial charge in [-0.25, -0.2) is 13.2 Å². The minimum Gasteiger partial charge on any atom is -0.480 e. The first-order valence-corrected chi connectivity index (χ1v) is 18.8. The Hall–Kier alpha value is -3.93. The highest BCUT2D eigenvalue weighted by molar-refractivity contribution is 7.90. The van der Waals surface area contributed by atoms with Gasteiger partial charge in [0.2, 0.25) is 0 Å². The van der Waals surface area contributed by atoms with E-state index in [1.807, 2.05) is 6.07 Å². The van der Waals surface area contributed by atoms with E-state index in [-0.39, 0.29) is 28.9 Å². The number of esters is 1. The van der Waals surface area contributed by atoms with Gasteiger partial charge in [-0.1, -0.05) is 12.0 Å². The third kappa shape index (κ3) is 8.50. The first-order chi connectivity index (χ1) is 23.8. The Morgan fingerprint density at radius 3 is 2.48 bits per heavy atom. The summed E-state index contributed by atoms with van der Waals surface area (Å²) in [7, 11) is -2.36. The van der Waals surface area contributed by atoms with Crippen molar-refractivity contribution < 1.29 is 40.6 Å². The highest BCUT2D eigenvalue weighted by Gasteiger charge is 2.46. The molecule has 6 rings (SSSR count). The molecule has 14 heteroatoms. The van der Waals surface area contributed by atoms with Gasteiger partial charge in [0, 0.05) is 67.2 Å². The van der Waals surface area contributed by atoms with Crippen LogP contribution < -0.4 is 15.4 Å². The average Bonchev–Trinajstić information content (AvgIpc) is 3.41. The molecule has 3 fully saturated rings. The van der Waals surface area contributed by atoms with Crippen molar-refractivity contribution in [3.63, 3.8) is 0 Å². The van der Waals surface area contributed by atoms with Crippen LogP contribution in [0.15, 0.2) is 47.4 Å². The fraction of sp³-hybridized carbons (Fsp3) is 0.528. The lowest BCUT2D eigenvalue weighted by Gasteiger charge is -2.56. The number of anilines is 2. The van der Waals surface area contributed by atoms with Gasteiger partial charge in [-0.15, -0.1) is 0 Å². The maximum Gasteiger partial charge on any atom is 0.406 e. The van der Waals surface area contributed by atoms with Gasteiger partial charge in [-0.2, -0.15) is 13.2 Å². The first kappa shape index (κ1) is 35.9. The number of fused-ring (bicyclic) bond motifs is 1. The second kappa shape index (κ2) is 14.7. The zero-order valence-electron chi connectivity index (χ0n) is 28.3. The zero-order valence-corrected chi connectivity index (χ0v) is 29.1. The van der Waals surface area contributed by atoms with E-state index in [2.05, 4.69) is 32.1 Å². The van der Waals surface area contributed by atoms with Crippen LogP contribution in [0.4, 0.5) is 24.5 Å². The molecular weight excluding hydrogens is 673 g/mol. The molecule has 1 aliphatic carbocycles. The number of alkyl halides is 3. The summed E-state index contributed by atoms with van der Waals surface area (Å²) in [4.78, 5) is 14.2. The molecule has 0 unspecified atom stereocenters. The second-order valence-electron chi connectivity index (χ2n) is 13.6. The summed E-state index contributed by atoms with van der Waals surface area (Å²) in [6, 6.07) is 12.0. The summed E-state index contributed by atoms with van der Waals surface area (Å²) >= 11 is 0. The number of nitrogens with zero attached hydrogens (tertiary/aromatic N) is 2. The molecule has 3 aliphatic rings. The molecule has 0 amide bonds. The number of aromatic nitrogens is 1. The largest absolute Gasteiger partial charge is 0.480 e. The van der Waals surface area contributed by atoms with Gasteiger partial charge in [0.25, 0.3) is 0 Å². The summed E-state index contributed by atoms with van der Waals surface area (Å²) in [5.41, 5.74) is 2.24. The lowest BCUT2D eigenvalue weighted by atomic mass is 9.71. The van der Waals surface area contributed by atoms with E-state index in [1.54, 1.807) is 18.2 Å². The van der Waals surface area contributed by atoms with Gasteiger partial charge in [-0.05, 0) is 74.8 Å². The number of hydrogen-bond acceptors (Lipinski definition) is 9. The normalized spacial score (nSPS) is 20.8. The van der Waals surface area contributed by atoms with Crippen molar-refractivity contribution in [1.82, 2.24) is 9.47 Å². The molecule has 10 nitrogen and oxygen atoms in total. The summed E-state index contributed by atoms with van der Waals surface area (Å²) in [5, 5.41) is 7.32. The highest BCUT2D eigenvalue weighted by Crippen LogP contribution is 2.43. The number of ether oxygens (including phenoxy) is 3. The quantitative estimate of drug-likeness (QED) is 0.209. The van der Waals surface area contributed by atoms with E-state index in [4.69, 9.17) is 9.47 Å². The lowest BCUT2D eigenvalue weighted by molar-refractivity contribution is -0.143. The molecule has 50 heavy (non-hydrogen) atoms. The number of hydrogen-bond donors (Lipinski definition) is 2. The molecule has 1 aromatic heterocycles. The van der Waals surface area contributed by atoms with Crippen molar-refractivity contribution in [3.05, 3.63) is 48.2 Å². The van der Waals surface area contributed by atoms with E-state index in [0.717, 1.165) is 76.8 Å². The summed E-state index contributed by atoms with van der Waals surface area (Å²) in [6.07, 6.45) is 3.05. The molecule has 0 radical (unpaired) electrons. The molecule has 2 aliphatic heterocycles. The van der Waals surface area contributed by atoms with Crippen LogP contribution in [0.25, 0.3) is 10.9 Å². The fourth-order valence-corrected chi connectivity index (χ4v) is 7.97. The van der Waals surface area contributed by atoms with Crippen molar-refractivity contribution in [1.29, 1.82) is 0 Å². The molecule has 3 heterocycles. The standard InChI is InChI=1S/C36H43F3N4O6S/c1-47-34(44)21-49-33-20-28(50(2,45)46)12-13-31(33)40-16-4-5-27-19-29-30(6-3-7-32(29)43(27)24-36(37,38)39)41-25-8-10-26(11-9-25)42-22-35(23-42)14-17-48-18-15-35/h3,6-7,12-13,19-20,25-26,40-41H,8-11,14-18,21-24H2,1-2H3. The van der Waals surface area contributed by atoms with Crippen LogP contribution in [-0.2, 0) is 30.7 Å². The number of methoxy groups -OCH3 is 1. The molecule has 2 N–H and O–H groups in total. The predicted octanol–water partition coefficient (Wildman–Crippen LogP) is 5.46. The van der Waals surface area contributed by atoms with Gasteiger partial charge in [0.15, 0.2) is 16.4 Å². The Morgan fingerprint density at radius 1 is 1.06 bits per heavy atom. The average molecular weight is 717 g/mol. The second-order valence-corrected chi connectivity index (χ2v) is 15.6. The Bertz CT molecular complexity index is 1860. The van der Waals surface area contributed by atoms with Crippen molar-refractivity contribution in [2.45, 2.75) is 68.2 Å². The van der Waals surface area contributed by atoms with E-state index < -0.39 is 35.1 Å². The lowest BCUT2D eigenvalue weighted by Crippen LogP contribution is -2.62. The van der Waals surface area contributed by atoms with E-state index in [0.29, 0.717) is 28.0 Å². The number of sulfone groups is 1. The van der Waals surface area contributed by atoms with Crippen LogP contribution in [0, 0.1) is 17.3 Å². The minimum atomic E-state index is -4.46. The van der Waals surface area contributed by atoms with Crippen molar-refractivity contribution in [2.24, 2.45) is 5.41 Å². The Morgan fingerprint density at radius 2 is 1.80 bits per heavy atom. The van der Waals surface area contributed by atoms with Crippen LogP contribution in [0.3, 0.4) is 0 Å². The number of carbonyl (C=O) groups excluding carboxylic acids is 1. The molecule has 270 valence electrons. The number of rotatable bonds is 10. The first-order valence-electron chi connectivity index (χ1n) is 16.9. The number of likely N-dealkylation sites (tertiary alicyclic amines) is 1. The Labute approximate surface area is 290 Å². The smallest absolute Gasteiger partial charge is 0.406 e. The van der Waals surface area contributed by atoms with Gasteiger partial charge in [0.05, 0.1) is 35.4 Å². The van der Waals surface area contributed by atoms with Gasteiger partial charge >= 0.3 is 12.1 Å². The summed E-state index contributed by atoms with van der Waals surface area (Å²) < 4.78 is 82.3. The molecule has 1 spiro atoms. The van der Waals surface area contributed by atoms with Gasteiger partial charge < -0.3 is 29.4 Å². The zero-order chi connectivity index (χ0) is 35.5. The predicted molar refractivity (Wildman–Crippen MR) is 184 cm³/mol. The Balaban J connectivity index is 1.15. The van der Waals surface area contributed by atoms with E-state index in [1.165, 1.54) is 29.9 Å². The third-order valence-corrected chi connectivity index (χ3v) is 11.1. The topological polar surface area (TPSA) is 111 Å². The maximum absolute atomic E-state index is 13.8. The third-order valence-electron chi connectivity index (χ3n) is 10.0.